The molecule has 2 aromatic rings. The van der Waals surface area contributed by atoms with Gasteiger partial charge in [-0.3, -0.25) is 4.79 Å². The van der Waals surface area contributed by atoms with E-state index in [0.29, 0.717) is 16.4 Å². The fourth-order valence-corrected chi connectivity index (χ4v) is 3.30. The van der Waals surface area contributed by atoms with Gasteiger partial charge in [0.15, 0.2) is 5.78 Å². The third-order valence-corrected chi connectivity index (χ3v) is 5.01. The van der Waals surface area contributed by atoms with E-state index in [-0.39, 0.29) is 11.4 Å². The largest absolute Gasteiger partial charge is 0.322 e. The summed E-state index contributed by atoms with van der Waals surface area (Å²) >= 11 is 0. The Bertz CT molecular complexity index is 603. The molecule has 0 N–H and O–H groups in total. The number of hydrogen-bond donors (Lipinski definition) is 0. The van der Waals surface area contributed by atoms with Gasteiger partial charge in [-0.05, 0) is 0 Å². The number of carbonyl (C=O) groups excluding carboxylic acids is 1. The van der Waals surface area contributed by atoms with Crippen molar-refractivity contribution < 1.29 is 9.36 Å². The van der Waals surface area contributed by atoms with Crippen LogP contribution in [0.25, 0.3) is 0 Å². The van der Waals surface area contributed by atoms with E-state index in [0.717, 1.165) is 0 Å². The monoisotopic (exact) mass is 272 g/mol. The molecule has 1 atom stereocenters. The molecule has 2 aromatic carbocycles. The standard InChI is InChI=1S/C16H17O2P/c1-12(2)19(18)15-11-7-6-10-14(15)16(17)13-8-4-3-5-9-13/h3-12,19H,1-2H3. The summed E-state index contributed by atoms with van der Waals surface area (Å²) in [5.74, 6) is -0.0600. The Labute approximate surface area is 114 Å². The van der Waals surface area contributed by atoms with E-state index in [1.807, 2.05) is 44.2 Å². The predicted octanol–water partition coefficient (Wildman–Crippen LogP) is 3.51. The Morgan fingerprint density at radius 3 is 2.16 bits per heavy atom. The summed E-state index contributed by atoms with van der Waals surface area (Å²) < 4.78 is 12.3. The van der Waals surface area contributed by atoms with Crippen LogP contribution in [0.15, 0.2) is 54.6 Å². The zero-order valence-electron chi connectivity index (χ0n) is 11.1. The molecule has 2 nitrogen and oxygen atoms in total. The minimum absolute atomic E-state index is 0.0600. The van der Waals surface area contributed by atoms with Gasteiger partial charge in [0.1, 0.15) is 7.80 Å². The highest BCUT2D eigenvalue weighted by Crippen LogP contribution is 2.28. The maximum atomic E-state index is 12.5. The van der Waals surface area contributed by atoms with Gasteiger partial charge < -0.3 is 4.57 Å². The van der Waals surface area contributed by atoms with E-state index in [9.17, 15) is 9.36 Å². The molecular formula is C16H17O2P. The summed E-state index contributed by atoms with van der Waals surface area (Å²) in [6.45, 7) is 3.84. The molecular weight excluding hydrogens is 255 g/mol. The van der Waals surface area contributed by atoms with Crippen molar-refractivity contribution in [2.75, 3.05) is 0 Å². The number of ketones is 1. The van der Waals surface area contributed by atoms with Crippen molar-refractivity contribution in [1.29, 1.82) is 0 Å². The van der Waals surface area contributed by atoms with Crippen LogP contribution >= 0.6 is 7.80 Å². The minimum Gasteiger partial charge on any atom is -0.322 e. The summed E-state index contributed by atoms with van der Waals surface area (Å²) in [4.78, 5) is 12.5. The van der Waals surface area contributed by atoms with Crippen molar-refractivity contribution in [3.8, 4) is 0 Å². The van der Waals surface area contributed by atoms with Crippen LogP contribution in [-0.4, -0.2) is 11.4 Å². The van der Waals surface area contributed by atoms with Crippen LogP contribution in [0, 0.1) is 0 Å². The zero-order chi connectivity index (χ0) is 13.8. The Hall–Kier alpha value is -1.66. The Morgan fingerprint density at radius 2 is 1.53 bits per heavy atom. The Kier molecular flexibility index (Phi) is 4.34. The Morgan fingerprint density at radius 1 is 0.947 bits per heavy atom. The van der Waals surface area contributed by atoms with E-state index in [2.05, 4.69) is 0 Å². The van der Waals surface area contributed by atoms with Crippen LogP contribution < -0.4 is 5.30 Å². The lowest BCUT2D eigenvalue weighted by molar-refractivity contribution is 0.104. The quantitative estimate of drug-likeness (QED) is 0.630. The maximum Gasteiger partial charge on any atom is 0.193 e. The first-order valence-corrected chi connectivity index (χ1v) is 7.83. The highest BCUT2D eigenvalue weighted by atomic mass is 31.1. The molecule has 0 saturated heterocycles. The number of carbonyl (C=O) groups is 1. The molecule has 0 aliphatic carbocycles. The average Bonchev–Trinajstić information content (AvgIpc) is 2.46. The van der Waals surface area contributed by atoms with E-state index in [1.54, 1.807) is 24.3 Å². The van der Waals surface area contributed by atoms with Crippen LogP contribution in [-0.2, 0) is 4.57 Å². The number of rotatable bonds is 4. The van der Waals surface area contributed by atoms with Crippen molar-refractivity contribution in [3.63, 3.8) is 0 Å². The average molecular weight is 272 g/mol. The summed E-state index contributed by atoms with van der Waals surface area (Å²) in [5, 5.41) is 0.691. The molecule has 3 heteroatoms. The molecule has 0 fully saturated rings. The molecule has 0 saturated carbocycles. The van der Waals surface area contributed by atoms with Gasteiger partial charge in [0.2, 0.25) is 0 Å². The lowest BCUT2D eigenvalue weighted by atomic mass is 10.0. The first kappa shape index (κ1) is 13.8. The Balaban J connectivity index is 2.46. The second-order valence-corrected chi connectivity index (χ2v) is 7.18. The smallest absolute Gasteiger partial charge is 0.193 e. The summed E-state index contributed by atoms with van der Waals surface area (Å²) in [6, 6.07) is 16.3. The molecule has 2 rings (SSSR count). The fourth-order valence-electron chi connectivity index (χ4n) is 1.95. The molecule has 0 amide bonds. The van der Waals surface area contributed by atoms with Crippen LogP contribution in [0.4, 0.5) is 0 Å². The lowest BCUT2D eigenvalue weighted by Crippen LogP contribution is -2.15. The van der Waals surface area contributed by atoms with E-state index in [1.165, 1.54) is 0 Å². The molecule has 0 aromatic heterocycles. The molecule has 0 aliphatic rings. The van der Waals surface area contributed by atoms with Crippen LogP contribution in [0.5, 0.6) is 0 Å². The first-order chi connectivity index (χ1) is 9.11. The van der Waals surface area contributed by atoms with Crippen molar-refractivity contribution in [2.24, 2.45) is 0 Å². The SMILES string of the molecule is CC(C)[PH](=O)c1ccccc1C(=O)c1ccccc1. The molecule has 0 spiro atoms. The van der Waals surface area contributed by atoms with Crippen LogP contribution in [0.1, 0.15) is 29.8 Å². The topological polar surface area (TPSA) is 34.1 Å². The molecule has 0 bridgehead atoms. The summed E-state index contributed by atoms with van der Waals surface area (Å²) in [7, 11) is -1.94. The molecule has 0 heterocycles. The van der Waals surface area contributed by atoms with Gasteiger partial charge in [-0.2, -0.15) is 0 Å². The highest BCUT2D eigenvalue weighted by molar-refractivity contribution is 7.54. The second kappa shape index (κ2) is 5.99. The number of benzene rings is 2. The summed E-state index contributed by atoms with van der Waals surface area (Å²) in [5.41, 5.74) is 1.26. The van der Waals surface area contributed by atoms with Gasteiger partial charge in [0, 0.05) is 22.1 Å². The molecule has 0 aliphatic heterocycles. The van der Waals surface area contributed by atoms with Crippen molar-refractivity contribution in [2.45, 2.75) is 19.5 Å². The van der Waals surface area contributed by atoms with Crippen molar-refractivity contribution >= 4 is 18.9 Å². The van der Waals surface area contributed by atoms with Crippen LogP contribution in [0.2, 0.25) is 0 Å². The zero-order valence-corrected chi connectivity index (χ0v) is 12.1. The van der Waals surface area contributed by atoms with Gasteiger partial charge in [-0.15, -0.1) is 0 Å². The first-order valence-electron chi connectivity index (χ1n) is 6.34. The van der Waals surface area contributed by atoms with Gasteiger partial charge in [0.05, 0.1) is 0 Å². The lowest BCUT2D eigenvalue weighted by Gasteiger charge is -2.11. The van der Waals surface area contributed by atoms with Gasteiger partial charge in [-0.1, -0.05) is 68.4 Å². The molecule has 98 valence electrons. The molecule has 19 heavy (non-hydrogen) atoms. The normalized spacial score (nSPS) is 12.4. The van der Waals surface area contributed by atoms with E-state index >= 15 is 0 Å². The van der Waals surface area contributed by atoms with Crippen LogP contribution in [0.3, 0.4) is 0 Å². The predicted molar refractivity (Wildman–Crippen MR) is 80.1 cm³/mol. The summed E-state index contributed by atoms with van der Waals surface area (Å²) in [6.07, 6.45) is 0. The molecule has 1 unspecified atom stereocenters. The fraction of sp³-hybridized carbons (Fsp3) is 0.188. The van der Waals surface area contributed by atoms with Gasteiger partial charge in [-0.25, -0.2) is 0 Å². The van der Waals surface area contributed by atoms with E-state index < -0.39 is 7.80 Å². The maximum absolute atomic E-state index is 12.5. The molecule has 0 radical (unpaired) electrons. The van der Waals surface area contributed by atoms with Crippen molar-refractivity contribution in [1.82, 2.24) is 0 Å². The van der Waals surface area contributed by atoms with Crippen molar-refractivity contribution in [3.05, 3.63) is 65.7 Å². The minimum atomic E-state index is -1.94. The van der Waals surface area contributed by atoms with Gasteiger partial charge >= 0.3 is 0 Å². The third kappa shape index (κ3) is 3.02. The third-order valence-electron chi connectivity index (χ3n) is 3.00. The van der Waals surface area contributed by atoms with E-state index in [4.69, 9.17) is 0 Å². The highest BCUT2D eigenvalue weighted by Gasteiger charge is 2.18. The van der Waals surface area contributed by atoms with Gasteiger partial charge in [0.25, 0.3) is 0 Å². The number of hydrogen-bond acceptors (Lipinski definition) is 2. The second-order valence-electron chi connectivity index (χ2n) is 4.76.